The maximum atomic E-state index is 12.7. The topological polar surface area (TPSA) is 138 Å². The quantitative estimate of drug-likeness (QED) is 0.0765. The Hall–Kier alpha value is -5.05. The first-order valence-corrected chi connectivity index (χ1v) is 17.2. The first kappa shape index (κ1) is 42.4. The fourth-order valence-electron chi connectivity index (χ4n) is 4.71. The second-order valence-electron chi connectivity index (χ2n) is 11.0. The molecule has 0 atom stereocenters. The molecule has 6 heterocycles. The maximum Gasteiger partial charge on any atom is 2.00 e. The van der Waals surface area contributed by atoms with Gasteiger partial charge >= 0.3 is 31.9 Å². The molecule has 1 N–H and O–H groups in total. The number of thiocarbonyl (C=S) groups is 1. The molecule has 0 unspecified atom stereocenters. The minimum absolute atomic E-state index is 0. The van der Waals surface area contributed by atoms with E-state index in [-0.39, 0.29) is 31.0 Å². The zero-order valence-electron chi connectivity index (χ0n) is 28.2. The Labute approximate surface area is 327 Å². The number of halogens is 3. The van der Waals surface area contributed by atoms with E-state index >= 15 is 0 Å². The second kappa shape index (κ2) is 21.5. The van der Waals surface area contributed by atoms with Crippen molar-refractivity contribution in [1.29, 1.82) is 0 Å². The number of hydrogen-bond donors (Lipinski definition) is 1. The Morgan fingerprint density at radius 1 is 0.868 bits per heavy atom. The standard InChI is InChI=1S/C21H21F3N3S.C16H11N3O2.CNS.Os/c1-2-3-4-5-6-16-9-10-17(28-16)8-7-15-11-12-25-18(13-15)19-14-20(27-26-19)21(22,23)24;20-16(21)11-7-9-18-15(10-11)14-6-3-5-13(19-14)12-4-1-2-8-17-12;2-1-3;/h7-14H,2-6H2,1H3;1-10H,(H,20,21);;/q-1;;-1;+2/b8-7+;;;. The Kier molecular flexibility index (Phi) is 17.2. The maximum absolute atomic E-state index is 12.7. The van der Waals surface area contributed by atoms with Crippen LogP contribution >= 0.6 is 23.6 Å². The molecule has 6 aromatic heterocycles. The normalized spacial score (nSPS) is 10.6. The van der Waals surface area contributed by atoms with Gasteiger partial charge < -0.3 is 20.7 Å². The van der Waals surface area contributed by atoms with Crippen LogP contribution in [0.1, 0.15) is 64.0 Å². The van der Waals surface area contributed by atoms with Crippen LogP contribution in [0.3, 0.4) is 0 Å². The van der Waals surface area contributed by atoms with Gasteiger partial charge in [-0.1, -0.05) is 62.3 Å². The van der Waals surface area contributed by atoms with Crippen molar-refractivity contribution in [1.82, 2.24) is 30.1 Å². The van der Waals surface area contributed by atoms with E-state index in [1.807, 2.05) is 42.5 Å². The third-order valence-corrected chi connectivity index (χ3v) is 8.33. The van der Waals surface area contributed by atoms with E-state index in [0.717, 1.165) is 34.3 Å². The molecule has 0 fully saturated rings. The van der Waals surface area contributed by atoms with E-state index in [2.05, 4.69) is 61.4 Å². The minimum Gasteiger partial charge on any atom is -0.753 e. The van der Waals surface area contributed by atoms with Gasteiger partial charge in [0.2, 0.25) is 0 Å². The molecule has 0 amide bonds. The molecule has 6 aromatic rings. The molecule has 272 valence electrons. The largest absolute Gasteiger partial charge is 2.00 e. The average molecular weight is 930 g/mol. The van der Waals surface area contributed by atoms with Gasteiger partial charge in [-0.25, -0.2) is 9.78 Å². The first-order chi connectivity index (χ1) is 25.1. The summed E-state index contributed by atoms with van der Waals surface area (Å²) in [6.45, 7) is 2.21. The molecule has 9 nitrogen and oxygen atoms in total. The predicted octanol–water partition coefficient (Wildman–Crippen LogP) is 10.0. The monoisotopic (exact) mass is 931 g/mol. The summed E-state index contributed by atoms with van der Waals surface area (Å²) in [5, 5.41) is 24.3. The molecule has 0 bridgehead atoms. The number of carboxylic acids is 1. The van der Waals surface area contributed by atoms with Gasteiger partial charge in [0.25, 0.3) is 0 Å². The summed E-state index contributed by atoms with van der Waals surface area (Å²) < 4.78 is 38.1. The van der Waals surface area contributed by atoms with Gasteiger partial charge in [-0.05, 0) is 91.2 Å². The van der Waals surface area contributed by atoms with E-state index in [1.165, 1.54) is 54.1 Å². The number of carboxylic acid groups (broad SMARTS) is 1. The van der Waals surface area contributed by atoms with Crippen molar-refractivity contribution < 1.29 is 42.9 Å². The number of nitrogens with zero attached hydrogens (tertiary/aromatic N) is 7. The second-order valence-corrected chi connectivity index (χ2v) is 12.4. The van der Waals surface area contributed by atoms with Crippen LogP contribution in [0.15, 0.2) is 97.5 Å². The number of aryl methyl sites for hydroxylation is 1. The van der Waals surface area contributed by atoms with E-state index in [9.17, 15) is 18.0 Å². The molecular formula is C38H32F3N7O2OsS2. The van der Waals surface area contributed by atoms with Crippen LogP contribution in [0.5, 0.6) is 0 Å². The number of alkyl halides is 3. The molecule has 53 heavy (non-hydrogen) atoms. The van der Waals surface area contributed by atoms with Crippen LogP contribution in [0.2, 0.25) is 0 Å². The number of unbranched alkanes of at least 4 members (excludes halogenated alkanes) is 3. The molecule has 6 rings (SSSR count). The van der Waals surface area contributed by atoms with Gasteiger partial charge in [0.15, 0.2) is 0 Å². The number of thiophene rings is 1. The number of carbonyl (C=O) groups is 1. The van der Waals surface area contributed by atoms with Gasteiger partial charge in [-0.15, -0.1) is 11.3 Å². The van der Waals surface area contributed by atoms with Crippen LogP contribution in [-0.2, 0) is 32.4 Å². The summed E-state index contributed by atoms with van der Waals surface area (Å²) >= 11 is 5.47. The molecule has 0 aromatic carbocycles. The summed E-state index contributed by atoms with van der Waals surface area (Å²) in [6, 6.07) is 22.7. The van der Waals surface area contributed by atoms with Gasteiger partial charge in [0.1, 0.15) is 5.69 Å². The van der Waals surface area contributed by atoms with Gasteiger partial charge in [0.05, 0.1) is 28.3 Å². The SMILES string of the molecule is CCCCCCc1ccc(/C=C/c2ccnc(-c3cc(C(F)(F)F)n[n-]3)c2)s1.O=C(O)c1ccnc(-c2cccc(-c3ccccn3)n2)c1.[N-]=C=S.[Os+2]. The fraction of sp³-hybridized carbons (Fsp3) is 0.184. The zero-order chi connectivity index (χ0) is 37.3. The predicted molar refractivity (Wildman–Crippen MR) is 200 cm³/mol. The van der Waals surface area contributed by atoms with E-state index in [1.54, 1.807) is 41.9 Å². The Bertz CT molecular complexity index is 2120. The van der Waals surface area contributed by atoms with Gasteiger partial charge in [-0.3, -0.25) is 15.0 Å². The van der Waals surface area contributed by atoms with Crippen molar-refractivity contribution in [3.63, 3.8) is 0 Å². The zero-order valence-corrected chi connectivity index (χ0v) is 32.4. The molecule has 0 saturated heterocycles. The Morgan fingerprint density at radius 3 is 2.25 bits per heavy atom. The van der Waals surface area contributed by atoms with Crippen molar-refractivity contribution in [2.75, 3.05) is 0 Å². The number of aromatic nitrogens is 6. The number of pyridine rings is 4. The van der Waals surface area contributed by atoms with Gasteiger partial charge in [-0.2, -0.15) is 18.3 Å². The molecule has 15 heteroatoms. The number of hydrogen-bond acceptors (Lipinski definition) is 8. The first-order valence-electron chi connectivity index (χ1n) is 16.0. The van der Waals surface area contributed by atoms with Crippen molar-refractivity contribution in [3.05, 3.63) is 129 Å². The summed E-state index contributed by atoms with van der Waals surface area (Å²) in [5.41, 5.74) is 3.12. The van der Waals surface area contributed by atoms with Gasteiger partial charge in [0, 0.05) is 34.0 Å². The molecule has 0 aliphatic heterocycles. The summed E-state index contributed by atoms with van der Waals surface area (Å²) in [5.74, 6) is -0.987. The van der Waals surface area contributed by atoms with E-state index in [0.29, 0.717) is 17.1 Å². The van der Waals surface area contributed by atoms with Crippen molar-refractivity contribution in [3.8, 4) is 34.2 Å². The molecule has 0 aliphatic rings. The third kappa shape index (κ3) is 13.5. The summed E-state index contributed by atoms with van der Waals surface area (Å²) in [7, 11) is 0. The number of rotatable bonds is 11. The Morgan fingerprint density at radius 2 is 1.57 bits per heavy atom. The van der Waals surface area contributed by atoms with Crippen LogP contribution in [0.4, 0.5) is 13.2 Å². The Balaban J connectivity index is 0.000000269. The van der Waals surface area contributed by atoms with Crippen LogP contribution < -0.4 is 5.10 Å². The van der Waals surface area contributed by atoms with E-state index < -0.39 is 17.8 Å². The third-order valence-electron chi connectivity index (χ3n) is 7.22. The number of isothiocyanates is 1. The summed E-state index contributed by atoms with van der Waals surface area (Å²) in [4.78, 5) is 30.6. The average Bonchev–Trinajstić information content (AvgIpc) is 3.85. The molecule has 0 radical (unpaired) electrons. The minimum atomic E-state index is -4.50. The molecular weight excluding hydrogens is 898 g/mol. The molecule has 0 aliphatic carbocycles. The van der Waals surface area contributed by atoms with Crippen LogP contribution in [-0.4, -0.2) is 41.3 Å². The number of aromatic carboxylic acids is 1. The van der Waals surface area contributed by atoms with Crippen LogP contribution in [0.25, 0.3) is 51.7 Å². The summed E-state index contributed by atoms with van der Waals surface area (Å²) in [6.07, 6.45) is 10.3. The molecule has 0 spiro atoms. The van der Waals surface area contributed by atoms with Crippen molar-refractivity contribution >= 4 is 46.8 Å². The van der Waals surface area contributed by atoms with Crippen LogP contribution in [0, 0.1) is 0 Å². The van der Waals surface area contributed by atoms with E-state index in [4.69, 9.17) is 10.5 Å². The molecule has 0 saturated carbocycles. The van der Waals surface area contributed by atoms with Crippen molar-refractivity contribution in [2.45, 2.75) is 45.2 Å². The smallest absolute Gasteiger partial charge is 0.753 e. The fourth-order valence-corrected chi connectivity index (χ4v) is 5.67. The van der Waals surface area contributed by atoms with Crippen molar-refractivity contribution in [2.24, 2.45) is 0 Å².